The second-order valence-electron chi connectivity index (χ2n) is 13.2. The number of hydrogen-bond donors (Lipinski definition) is 8. The van der Waals surface area contributed by atoms with Crippen LogP contribution in [0.25, 0.3) is 0 Å². The number of hydrogen-bond acceptors (Lipinski definition) is 8. The zero-order valence-electron chi connectivity index (χ0n) is 30.4. The molecule has 4 unspecified atom stereocenters. The first-order valence-electron chi connectivity index (χ1n) is 16.4. The van der Waals surface area contributed by atoms with Gasteiger partial charge in [-0.05, 0) is 61.7 Å². The average molecular weight is 775 g/mol. The van der Waals surface area contributed by atoms with Crippen LogP contribution in [0.5, 0.6) is 0 Å². The summed E-state index contributed by atoms with van der Waals surface area (Å²) in [6.07, 6.45) is -0.0406. The monoisotopic (exact) mass is 774 g/mol. The number of nitrogens with two attached hydrogens (primary N) is 4. The summed E-state index contributed by atoms with van der Waals surface area (Å²) in [5.41, 5.74) is 18.7. The van der Waals surface area contributed by atoms with Gasteiger partial charge in [0.15, 0.2) is 0 Å². The topological polar surface area (TPSA) is 253 Å². The van der Waals surface area contributed by atoms with Crippen molar-refractivity contribution in [3.05, 3.63) is 143 Å². The van der Waals surface area contributed by atoms with Gasteiger partial charge in [-0.25, -0.2) is 17.6 Å². The van der Waals surface area contributed by atoms with Gasteiger partial charge in [-0.3, -0.25) is 19.2 Å². The van der Waals surface area contributed by atoms with Gasteiger partial charge in [-0.15, -0.1) is 0 Å². The van der Waals surface area contributed by atoms with Crippen LogP contribution in [-0.4, -0.2) is 67.0 Å². The van der Waals surface area contributed by atoms with Crippen LogP contribution in [0.1, 0.15) is 43.0 Å². The highest BCUT2D eigenvalue weighted by atomic mass is 19.1. The molecule has 0 bridgehead atoms. The number of carboxylic acid groups (broad SMARTS) is 4. The second-order valence-corrected chi connectivity index (χ2v) is 13.2. The minimum atomic E-state index is -1.68. The molecule has 0 aliphatic rings. The molecule has 4 rings (SSSR count). The van der Waals surface area contributed by atoms with Gasteiger partial charge in [0.1, 0.15) is 45.9 Å². The fourth-order valence-corrected chi connectivity index (χ4v) is 4.34. The molecule has 0 aliphatic carbocycles. The van der Waals surface area contributed by atoms with Crippen LogP contribution in [-0.2, 0) is 44.9 Å². The van der Waals surface area contributed by atoms with Gasteiger partial charge in [0.2, 0.25) is 0 Å². The van der Waals surface area contributed by atoms with Crippen LogP contribution >= 0.6 is 0 Å². The van der Waals surface area contributed by atoms with Gasteiger partial charge in [0, 0.05) is 31.2 Å². The second kappa shape index (κ2) is 21.3. The molecular weight excluding hydrogens is 728 g/mol. The Morgan fingerprint density at radius 3 is 1.31 bits per heavy atom. The summed E-state index contributed by atoms with van der Waals surface area (Å²) in [6, 6.07) is 23.7. The lowest BCUT2D eigenvalue weighted by molar-refractivity contribution is -0.143. The Morgan fingerprint density at radius 2 is 0.891 bits per heavy atom. The molecule has 0 spiro atoms. The summed E-state index contributed by atoms with van der Waals surface area (Å²) in [4.78, 5) is 42.4. The van der Waals surface area contributed by atoms with Crippen molar-refractivity contribution in [3.8, 4) is 0 Å². The molecule has 0 saturated carbocycles. The fraction of sp³-hybridized carbons (Fsp3) is 0.282. The Morgan fingerprint density at radius 1 is 0.527 bits per heavy atom. The maximum atomic E-state index is 13.2. The highest BCUT2D eigenvalue weighted by Gasteiger charge is 2.31. The van der Waals surface area contributed by atoms with E-state index in [1.807, 2.05) is 30.3 Å². The van der Waals surface area contributed by atoms with E-state index in [1.54, 1.807) is 24.3 Å². The van der Waals surface area contributed by atoms with Crippen LogP contribution in [0.3, 0.4) is 0 Å². The average Bonchev–Trinajstić information content (AvgIpc) is 3.09. The molecule has 55 heavy (non-hydrogen) atoms. The van der Waals surface area contributed by atoms with Crippen LogP contribution in [0, 0.1) is 23.3 Å². The predicted molar refractivity (Wildman–Crippen MR) is 197 cm³/mol. The highest BCUT2D eigenvalue weighted by molar-refractivity contribution is 5.79. The van der Waals surface area contributed by atoms with Crippen LogP contribution < -0.4 is 22.9 Å². The minimum Gasteiger partial charge on any atom is -0.480 e. The lowest BCUT2D eigenvalue weighted by atomic mass is 9.93. The minimum absolute atomic E-state index is 0.0159. The number of carboxylic acids is 4. The Bertz CT molecular complexity index is 1870. The summed E-state index contributed by atoms with van der Waals surface area (Å²) >= 11 is 0. The van der Waals surface area contributed by atoms with Crippen molar-refractivity contribution in [2.75, 3.05) is 0 Å². The lowest BCUT2D eigenvalue weighted by Gasteiger charge is -2.19. The molecule has 4 aromatic carbocycles. The molecule has 16 heteroatoms. The maximum Gasteiger partial charge on any atom is 0.323 e. The van der Waals surface area contributed by atoms with Gasteiger partial charge < -0.3 is 43.4 Å². The molecule has 0 aromatic heterocycles. The van der Waals surface area contributed by atoms with Gasteiger partial charge in [0.05, 0.1) is 0 Å². The third-order valence-corrected chi connectivity index (χ3v) is 7.72. The van der Waals surface area contributed by atoms with E-state index in [1.165, 1.54) is 51.1 Å². The first-order valence-corrected chi connectivity index (χ1v) is 16.4. The molecule has 0 saturated heterocycles. The molecular formula is C39H46F4N4O8. The molecule has 0 fully saturated rings. The summed E-state index contributed by atoms with van der Waals surface area (Å²) in [5, 5.41) is 34.7. The van der Waals surface area contributed by atoms with Crippen molar-refractivity contribution in [2.45, 2.75) is 69.1 Å². The van der Waals surface area contributed by atoms with Crippen molar-refractivity contribution >= 4 is 23.9 Å². The zero-order chi connectivity index (χ0) is 42.1. The highest BCUT2D eigenvalue weighted by Crippen LogP contribution is 2.18. The van der Waals surface area contributed by atoms with Crippen molar-refractivity contribution < 1.29 is 57.2 Å². The van der Waals surface area contributed by atoms with E-state index in [2.05, 4.69) is 0 Å². The molecule has 12 N–H and O–H groups in total. The Kier molecular flexibility index (Phi) is 18.3. The van der Waals surface area contributed by atoms with E-state index < -0.39 is 69.8 Å². The molecule has 0 heterocycles. The number of benzene rings is 4. The van der Waals surface area contributed by atoms with Crippen molar-refractivity contribution in [3.63, 3.8) is 0 Å². The Hall–Kier alpha value is -5.68. The lowest BCUT2D eigenvalue weighted by Crippen LogP contribution is -2.47. The zero-order valence-corrected chi connectivity index (χ0v) is 30.4. The molecule has 0 aliphatic heterocycles. The molecule has 0 amide bonds. The smallest absolute Gasteiger partial charge is 0.323 e. The van der Waals surface area contributed by atoms with Crippen molar-refractivity contribution in [1.82, 2.24) is 0 Å². The van der Waals surface area contributed by atoms with Crippen molar-refractivity contribution in [1.29, 1.82) is 0 Å². The van der Waals surface area contributed by atoms with E-state index >= 15 is 0 Å². The fourth-order valence-electron chi connectivity index (χ4n) is 4.34. The van der Waals surface area contributed by atoms with E-state index in [9.17, 15) is 36.7 Å². The first-order chi connectivity index (χ1) is 25.4. The third kappa shape index (κ3) is 16.5. The van der Waals surface area contributed by atoms with Crippen molar-refractivity contribution in [2.24, 2.45) is 22.9 Å². The van der Waals surface area contributed by atoms with E-state index in [0.717, 1.165) is 17.7 Å². The molecule has 0 radical (unpaired) electrons. The van der Waals surface area contributed by atoms with Gasteiger partial charge in [-0.1, -0.05) is 72.8 Å². The van der Waals surface area contributed by atoms with Gasteiger partial charge >= 0.3 is 23.9 Å². The largest absolute Gasteiger partial charge is 0.480 e. The Balaban J connectivity index is 0.000000367. The van der Waals surface area contributed by atoms with Gasteiger partial charge in [0.25, 0.3) is 0 Å². The molecule has 4 aromatic rings. The van der Waals surface area contributed by atoms with E-state index in [-0.39, 0.29) is 24.8 Å². The number of carbonyl (C=O) groups is 4. The van der Waals surface area contributed by atoms with Crippen LogP contribution in [0.15, 0.2) is 97.1 Å². The summed E-state index contributed by atoms with van der Waals surface area (Å²) < 4.78 is 52.4. The van der Waals surface area contributed by atoms with Crippen LogP contribution in [0.4, 0.5) is 17.6 Å². The van der Waals surface area contributed by atoms with E-state index in [0.29, 0.717) is 17.5 Å². The number of halogens is 4. The quantitative estimate of drug-likeness (QED) is 0.0939. The normalized spacial score (nSPS) is 14.2. The molecule has 4 atom stereocenters. The first kappa shape index (κ1) is 47.3. The number of rotatable bonds is 12. The Labute approximate surface area is 315 Å². The summed E-state index contributed by atoms with van der Waals surface area (Å²) in [5.74, 6) is -6.95. The summed E-state index contributed by atoms with van der Waals surface area (Å²) in [6.45, 7) is 4.09. The predicted octanol–water partition coefficient (Wildman–Crippen LogP) is 4.29. The molecule has 298 valence electrons. The molecule has 12 nitrogen and oxygen atoms in total. The van der Waals surface area contributed by atoms with E-state index in [4.69, 9.17) is 43.4 Å². The third-order valence-electron chi connectivity index (χ3n) is 7.72. The maximum absolute atomic E-state index is 13.2. The van der Waals surface area contributed by atoms with Crippen LogP contribution in [0.2, 0.25) is 0 Å². The standard InChI is InChI=1S/C10H11F2NO2.C10H12FNO2.C10H13NO2.C9H10FNO2/c1-10(13,9(14)15)5-6-7(11)3-2-4-8(6)12;1-10(12,9(13)14)6-7-4-2-3-5-8(7)11;1-10(11,9(12)13)7-8-5-3-2-4-6-8;10-7-4-2-1-3-6(7)5-8(11)9(12)13/h2-4H,5,13H2,1H3,(H,14,15);2-5H,6,12H2,1H3,(H,13,14);2-6H,7,11H2,1H3,(H,12,13);1-4,8H,5,11H2,(H,12,13). The summed E-state index contributed by atoms with van der Waals surface area (Å²) in [7, 11) is 0. The van der Waals surface area contributed by atoms with Gasteiger partial charge in [-0.2, -0.15) is 0 Å². The number of aliphatic carboxylic acids is 4. The SMILES string of the molecule is CC(N)(Cc1c(F)cccc1F)C(=O)O.CC(N)(Cc1ccccc1)C(=O)O.CC(N)(Cc1ccccc1F)C(=O)O.NC(Cc1ccccc1F)C(=O)O.